The van der Waals surface area contributed by atoms with Crippen molar-refractivity contribution < 1.29 is 42.4 Å². The number of halogens is 1. The second-order valence-corrected chi connectivity index (χ2v) is 7.39. The fraction of sp³-hybridized carbons (Fsp3) is 0.800. The number of carbonyl (C=O) groups excluding carboxylic acids is 3. The van der Waals surface area contributed by atoms with Gasteiger partial charge in [-0.05, 0) is 12.8 Å². The Hall–Kier alpha value is -1.00. The normalized spacial score (nSPS) is 14.1. The largest absolute Gasteiger partial charge is 0.472 e. The molecule has 0 aromatic heterocycles. The number of alkyl halides is 1. The van der Waals surface area contributed by atoms with Crippen molar-refractivity contribution in [3.8, 4) is 0 Å². The van der Waals surface area contributed by atoms with Crippen LogP contribution in [-0.4, -0.2) is 60.5 Å². The summed E-state index contributed by atoms with van der Waals surface area (Å²) < 4.78 is 31.4. The highest BCUT2D eigenvalue weighted by molar-refractivity contribution is 9.09. The predicted octanol–water partition coefficient (Wildman–Crippen LogP) is 1.69. The van der Waals surface area contributed by atoms with Crippen molar-refractivity contribution in [2.75, 3.05) is 31.7 Å². The number of hydrogen-bond donors (Lipinski definition) is 2. The monoisotopic (exact) mass is 475 g/mol. The Kier molecular flexibility index (Phi) is 14.4. The van der Waals surface area contributed by atoms with Gasteiger partial charge in [0.2, 0.25) is 5.91 Å². The van der Waals surface area contributed by atoms with Gasteiger partial charge >= 0.3 is 19.8 Å². The summed E-state index contributed by atoms with van der Waals surface area (Å²) in [5, 5.41) is 2.53. The maximum atomic E-state index is 11.8. The molecule has 2 atom stereocenters. The molecule has 2 unspecified atom stereocenters. The van der Waals surface area contributed by atoms with Crippen LogP contribution >= 0.6 is 23.8 Å². The maximum Gasteiger partial charge on any atom is 0.472 e. The number of rotatable bonds is 15. The summed E-state index contributed by atoms with van der Waals surface area (Å²) in [6, 6.07) is 0. The van der Waals surface area contributed by atoms with E-state index in [1.54, 1.807) is 6.92 Å². The molecule has 0 bridgehead atoms. The summed E-state index contributed by atoms with van der Waals surface area (Å²) >= 11 is 2.95. The number of hydrogen-bond acceptors (Lipinski definition) is 8. The van der Waals surface area contributed by atoms with Crippen LogP contribution in [0.2, 0.25) is 0 Å². The third-order valence-electron chi connectivity index (χ3n) is 2.86. The summed E-state index contributed by atoms with van der Waals surface area (Å²) in [5.41, 5.74) is 0. The standard InChI is InChI=1S/C15H27BrNO9P/c1-3-5-14(19)23-10-12(26-15(20)6-4-2)11-25-27(21,22)24-8-7-17-13(18)9-16/h12H,3-11H2,1-2H3,(H,17,18)(H,21,22). The summed E-state index contributed by atoms with van der Waals surface area (Å²) in [4.78, 5) is 43.7. The molecule has 0 aromatic carbocycles. The number of nitrogens with one attached hydrogen (secondary N) is 1. The predicted molar refractivity (Wildman–Crippen MR) is 99.2 cm³/mol. The Balaban J connectivity index is 4.47. The smallest absolute Gasteiger partial charge is 0.462 e. The van der Waals surface area contributed by atoms with E-state index in [0.717, 1.165) is 0 Å². The minimum Gasteiger partial charge on any atom is -0.462 e. The average molecular weight is 476 g/mol. The van der Waals surface area contributed by atoms with E-state index in [-0.39, 0.29) is 43.8 Å². The molecule has 0 saturated heterocycles. The SMILES string of the molecule is CCCC(=O)OCC(COP(=O)(O)OCCNC(=O)CBr)OC(=O)CCC. The first-order valence-corrected chi connectivity index (χ1v) is 11.1. The van der Waals surface area contributed by atoms with Crippen molar-refractivity contribution in [2.24, 2.45) is 0 Å². The van der Waals surface area contributed by atoms with E-state index in [4.69, 9.17) is 18.5 Å². The van der Waals surface area contributed by atoms with Gasteiger partial charge in [0, 0.05) is 19.4 Å². The molecule has 0 rings (SSSR count). The molecular formula is C15H27BrNO9P. The van der Waals surface area contributed by atoms with Crippen molar-refractivity contribution in [1.29, 1.82) is 0 Å². The molecule has 27 heavy (non-hydrogen) atoms. The second-order valence-electron chi connectivity index (χ2n) is 5.38. The molecule has 0 saturated carbocycles. The lowest BCUT2D eigenvalue weighted by atomic mass is 10.3. The third kappa shape index (κ3) is 14.7. The summed E-state index contributed by atoms with van der Waals surface area (Å²) in [6.45, 7) is 2.58. The van der Waals surface area contributed by atoms with E-state index < -0.39 is 32.5 Å². The van der Waals surface area contributed by atoms with Gasteiger partial charge in [0.05, 0.1) is 18.5 Å². The Labute approximate surface area is 167 Å². The van der Waals surface area contributed by atoms with Crippen LogP contribution in [0.1, 0.15) is 39.5 Å². The molecule has 0 aliphatic carbocycles. The fourth-order valence-corrected chi connectivity index (χ4v) is 2.59. The van der Waals surface area contributed by atoms with Crippen molar-refractivity contribution in [3.05, 3.63) is 0 Å². The number of phosphoric ester groups is 1. The summed E-state index contributed by atoms with van der Waals surface area (Å²) in [7, 11) is -4.43. The lowest BCUT2D eigenvalue weighted by molar-refractivity contribution is -0.161. The number of ether oxygens (including phenoxy) is 2. The molecule has 0 aliphatic rings. The van der Waals surface area contributed by atoms with Crippen LogP contribution in [0.15, 0.2) is 0 Å². The van der Waals surface area contributed by atoms with Gasteiger partial charge in [-0.1, -0.05) is 29.8 Å². The highest BCUT2D eigenvalue weighted by Gasteiger charge is 2.26. The first kappa shape index (κ1) is 26.0. The van der Waals surface area contributed by atoms with Crippen molar-refractivity contribution in [3.63, 3.8) is 0 Å². The van der Waals surface area contributed by atoms with Gasteiger partial charge in [0.15, 0.2) is 6.10 Å². The maximum absolute atomic E-state index is 11.8. The lowest BCUT2D eigenvalue weighted by Gasteiger charge is -2.19. The van der Waals surface area contributed by atoms with Gasteiger partial charge in [-0.15, -0.1) is 0 Å². The molecule has 158 valence electrons. The van der Waals surface area contributed by atoms with E-state index >= 15 is 0 Å². The van der Waals surface area contributed by atoms with E-state index in [1.807, 2.05) is 6.92 Å². The molecule has 0 heterocycles. The van der Waals surface area contributed by atoms with E-state index in [0.29, 0.717) is 12.8 Å². The molecule has 0 fully saturated rings. The molecule has 12 heteroatoms. The Bertz CT molecular complexity index is 518. The van der Waals surface area contributed by atoms with Gasteiger partial charge in [0.25, 0.3) is 0 Å². The van der Waals surface area contributed by atoms with Crippen LogP contribution < -0.4 is 5.32 Å². The van der Waals surface area contributed by atoms with Crippen LogP contribution in [0.4, 0.5) is 0 Å². The zero-order chi connectivity index (χ0) is 20.7. The lowest BCUT2D eigenvalue weighted by Crippen LogP contribution is -2.30. The minimum absolute atomic E-state index is 0.0158. The molecule has 10 nitrogen and oxygen atoms in total. The summed E-state index contributed by atoms with van der Waals surface area (Å²) in [5.74, 6) is -1.31. The fourth-order valence-electron chi connectivity index (χ4n) is 1.64. The minimum atomic E-state index is -4.43. The Morgan fingerprint density at radius 1 is 1.07 bits per heavy atom. The van der Waals surface area contributed by atoms with Crippen LogP contribution in [0.25, 0.3) is 0 Å². The number of carbonyl (C=O) groups is 3. The highest BCUT2D eigenvalue weighted by atomic mass is 79.9. The van der Waals surface area contributed by atoms with Crippen LogP contribution in [-0.2, 0) is 37.5 Å². The molecule has 1 amide bonds. The Morgan fingerprint density at radius 3 is 2.30 bits per heavy atom. The van der Waals surface area contributed by atoms with Crippen LogP contribution in [0, 0.1) is 0 Å². The van der Waals surface area contributed by atoms with Crippen molar-refractivity contribution in [1.82, 2.24) is 5.32 Å². The second kappa shape index (κ2) is 15.0. The van der Waals surface area contributed by atoms with E-state index in [2.05, 4.69) is 21.2 Å². The Morgan fingerprint density at radius 2 is 1.70 bits per heavy atom. The zero-order valence-corrected chi connectivity index (χ0v) is 18.0. The molecule has 0 radical (unpaired) electrons. The van der Waals surface area contributed by atoms with E-state index in [1.165, 1.54) is 0 Å². The molecule has 0 aromatic rings. The first-order valence-electron chi connectivity index (χ1n) is 8.53. The first-order chi connectivity index (χ1) is 12.7. The van der Waals surface area contributed by atoms with Crippen LogP contribution in [0.3, 0.4) is 0 Å². The number of phosphoric acid groups is 1. The van der Waals surface area contributed by atoms with Gasteiger partial charge < -0.3 is 19.7 Å². The molecule has 0 aliphatic heterocycles. The van der Waals surface area contributed by atoms with Gasteiger partial charge in [-0.2, -0.15) is 0 Å². The molecule has 0 spiro atoms. The summed E-state index contributed by atoms with van der Waals surface area (Å²) in [6.07, 6.45) is 0.477. The van der Waals surface area contributed by atoms with Crippen LogP contribution in [0.5, 0.6) is 0 Å². The molecular weight excluding hydrogens is 449 g/mol. The van der Waals surface area contributed by atoms with Gasteiger partial charge in [0.1, 0.15) is 6.61 Å². The van der Waals surface area contributed by atoms with Gasteiger partial charge in [-0.3, -0.25) is 23.4 Å². The topological polar surface area (TPSA) is 137 Å². The van der Waals surface area contributed by atoms with E-state index in [9.17, 15) is 23.8 Å². The zero-order valence-electron chi connectivity index (χ0n) is 15.5. The average Bonchev–Trinajstić information content (AvgIpc) is 2.61. The van der Waals surface area contributed by atoms with Crippen molar-refractivity contribution >= 4 is 41.6 Å². The number of esters is 2. The third-order valence-corrected chi connectivity index (χ3v) is 4.35. The molecule has 2 N–H and O–H groups in total. The quantitative estimate of drug-likeness (QED) is 0.157. The number of amides is 1. The van der Waals surface area contributed by atoms with Gasteiger partial charge in [-0.25, -0.2) is 4.57 Å². The highest BCUT2D eigenvalue weighted by Crippen LogP contribution is 2.43. The van der Waals surface area contributed by atoms with Crippen molar-refractivity contribution in [2.45, 2.75) is 45.6 Å².